The number of carboxylic acid groups (broad SMARTS) is 1. The number of anilines is 2. The predicted octanol–water partition coefficient (Wildman–Crippen LogP) is 4.86. The summed E-state index contributed by atoms with van der Waals surface area (Å²) in [6.07, 6.45) is 4.12. The first kappa shape index (κ1) is 27.2. The molecule has 0 radical (unpaired) electrons. The molecule has 1 N–H and O–H groups in total. The molecule has 3 amide bonds. The number of rotatable bonds is 6. The number of imide groups is 1. The topological polar surface area (TPSA) is 120 Å². The molecule has 2 aromatic carbocycles. The maximum absolute atomic E-state index is 14.3. The lowest BCUT2D eigenvalue weighted by molar-refractivity contribution is -0.123. The van der Waals surface area contributed by atoms with Crippen LogP contribution in [0.4, 0.5) is 16.3 Å². The zero-order chi connectivity index (χ0) is 29.4. The minimum Gasteiger partial charge on any atom is -0.478 e. The number of hydrogen-bond donors (Lipinski definition) is 1. The molecule has 4 aromatic rings. The molecular formula is C32H30N6O4. The zero-order valence-electron chi connectivity index (χ0n) is 23.4. The van der Waals surface area contributed by atoms with Gasteiger partial charge >= 0.3 is 12.0 Å². The molecule has 10 nitrogen and oxygen atoms in total. The molecule has 2 fully saturated rings. The molecule has 0 aliphatic carbocycles. The van der Waals surface area contributed by atoms with Crippen LogP contribution in [0.25, 0.3) is 11.1 Å². The molecule has 4 heterocycles. The van der Waals surface area contributed by atoms with Crippen LogP contribution in [-0.2, 0) is 11.3 Å². The molecule has 6 rings (SSSR count). The van der Waals surface area contributed by atoms with Gasteiger partial charge in [-0.05, 0) is 73.7 Å². The molecule has 42 heavy (non-hydrogen) atoms. The smallest absolute Gasteiger partial charge is 0.338 e. The van der Waals surface area contributed by atoms with Crippen LogP contribution in [0.1, 0.15) is 40.2 Å². The van der Waals surface area contributed by atoms with E-state index in [0.717, 1.165) is 22.4 Å². The van der Waals surface area contributed by atoms with Gasteiger partial charge in [0.25, 0.3) is 5.91 Å². The first-order valence-corrected chi connectivity index (χ1v) is 13.8. The van der Waals surface area contributed by atoms with Crippen molar-refractivity contribution in [1.29, 1.82) is 0 Å². The van der Waals surface area contributed by atoms with E-state index in [-0.39, 0.29) is 11.5 Å². The Hall–Kier alpha value is -4.96. The van der Waals surface area contributed by atoms with Crippen molar-refractivity contribution in [2.24, 2.45) is 0 Å². The van der Waals surface area contributed by atoms with Crippen LogP contribution < -0.4 is 9.80 Å². The van der Waals surface area contributed by atoms with Crippen molar-refractivity contribution < 1.29 is 19.5 Å². The number of benzene rings is 2. The second-order valence-electron chi connectivity index (χ2n) is 10.8. The van der Waals surface area contributed by atoms with Crippen molar-refractivity contribution in [3.05, 3.63) is 102 Å². The highest BCUT2D eigenvalue weighted by molar-refractivity contribution is 6.30. The minimum absolute atomic E-state index is 0.204. The molecule has 0 unspecified atom stereocenters. The fourth-order valence-electron chi connectivity index (χ4n) is 5.80. The number of aromatic carboxylic acids is 1. The van der Waals surface area contributed by atoms with Crippen LogP contribution in [0.2, 0.25) is 0 Å². The number of likely N-dealkylation sites (tertiary alicyclic amines) is 1. The van der Waals surface area contributed by atoms with Crippen LogP contribution >= 0.6 is 0 Å². The quantitative estimate of drug-likeness (QED) is 0.331. The summed E-state index contributed by atoms with van der Waals surface area (Å²) in [6.45, 7) is 5.79. The van der Waals surface area contributed by atoms with Gasteiger partial charge in [0.1, 0.15) is 17.7 Å². The van der Waals surface area contributed by atoms with Crippen LogP contribution in [-0.4, -0.2) is 61.5 Å². The summed E-state index contributed by atoms with van der Waals surface area (Å²) in [5.74, 6) is -0.846. The Morgan fingerprint density at radius 2 is 1.57 bits per heavy atom. The van der Waals surface area contributed by atoms with Crippen molar-refractivity contribution >= 4 is 29.4 Å². The average molecular weight is 563 g/mol. The van der Waals surface area contributed by atoms with Gasteiger partial charge in [-0.25, -0.2) is 24.5 Å². The molecule has 2 aliphatic rings. The van der Waals surface area contributed by atoms with E-state index >= 15 is 0 Å². The van der Waals surface area contributed by atoms with Crippen LogP contribution in [0, 0.1) is 13.8 Å². The van der Waals surface area contributed by atoms with Gasteiger partial charge < -0.3 is 5.11 Å². The highest BCUT2D eigenvalue weighted by atomic mass is 16.4. The number of urea groups is 1. The maximum atomic E-state index is 14.3. The number of piperidine rings is 1. The minimum atomic E-state index is -1.07. The Bertz CT molecular complexity index is 1660. The number of carbonyl (C=O) groups is 3. The van der Waals surface area contributed by atoms with Gasteiger partial charge in [0.15, 0.2) is 0 Å². The third-order valence-electron chi connectivity index (χ3n) is 8.20. The third-order valence-corrected chi connectivity index (χ3v) is 8.20. The molecular weight excluding hydrogens is 532 g/mol. The first-order chi connectivity index (χ1) is 20.3. The number of nitrogens with zero attached hydrogens (tertiary/aromatic N) is 6. The second-order valence-corrected chi connectivity index (χ2v) is 10.8. The van der Waals surface area contributed by atoms with Gasteiger partial charge in [-0.2, -0.15) is 0 Å². The van der Waals surface area contributed by atoms with Gasteiger partial charge in [-0.1, -0.05) is 30.3 Å². The Kier molecular flexibility index (Phi) is 6.99. The summed E-state index contributed by atoms with van der Waals surface area (Å²) >= 11 is 0. The van der Waals surface area contributed by atoms with Crippen molar-refractivity contribution in [1.82, 2.24) is 19.9 Å². The summed E-state index contributed by atoms with van der Waals surface area (Å²) in [4.78, 5) is 57.8. The fourth-order valence-corrected chi connectivity index (χ4v) is 5.80. The van der Waals surface area contributed by atoms with E-state index in [0.29, 0.717) is 49.7 Å². The summed E-state index contributed by atoms with van der Waals surface area (Å²) in [7, 11) is 0. The lowest BCUT2D eigenvalue weighted by Crippen LogP contribution is -2.57. The Balaban J connectivity index is 1.30. The molecule has 0 atom stereocenters. The normalized spacial score (nSPS) is 16.8. The summed E-state index contributed by atoms with van der Waals surface area (Å²) < 4.78 is 0. The van der Waals surface area contributed by atoms with E-state index < -0.39 is 17.5 Å². The van der Waals surface area contributed by atoms with Gasteiger partial charge in [0.05, 0.1) is 16.9 Å². The number of hydrogen-bond acceptors (Lipinski definition) is 7. The molecule has 2 saturated heterocycles. The zero-order valence-corrected chi connectivity index (χ0v) is 23.4. The lowest BCUT2D eigenvalue weighted by Gasteiger charge is -2.41. The summed E-state index contributed by atoms with van der Waals surface area (Å²) in [6, 6.07) is 19.0. The van der Waals surface area contributed by atoms with E-state index in [2.05, 4.69) is 19.9 Å². The highest BCUT2D eigenvalue weighted by Gasteiger charge is 2.59. The number of aryl methyl sites for hydroxylation is 2. The Labute approximate surface area is 243 Å². The van der Waals surface area contributed by atoms with Gasteiger partial charge in [-0.15, -0.1) is 0 Å². The number of amides is 3. The molecule has 1 spiro atoms. The molecule has 0 bridgehead atoms. The molecule has 2 aliphatic heterocycles. The first-order valence-electron chi connectivity index (χ1n) is 13.8. The SMILES string of the molecule is Cc1cc(N2C(=O)N(c3ccc(-c4ccc(C(=O)O)cc4)cc3)C(=O)C23CCN(Cc2ncccc2C)CC3)ncn1. The van der Waals surface area contributed by atoms with E-state index in [1.165, 1.54) is 11.2 Å². The van der Waals surface area contributed by atoms with Crippen LogP contribution in [0.3, 0.4) is 0 Å². The van der Waals surface area contributed by atoms with Crippen LogP contribution in [0.5, 0.6) is 0 Å². The fraction of sp³-hybridized carbons (Fsp3) is 0.250. The van der Waals surface area contributed by atoms with Crippen molar-refractivity contribution in [3.63, 3.8) is 0 Å². The van der Waals surface area contributed by atoms with Gasteiger partial charge in [0.2, 0.25) is 0 Å². The number of pyridine rings is 1. The summed E-state index contributed by atoms with van der Waals surface area (Å²) in [5, 5.41) is 9.18. The monoisotopic (exact) mass is 562 g/mol. The van der Waals surface area contributed by atoms with Crippen molar-refractivity contribution in [2.75, 3.05) is 22.9 Å². The molecule has 10 heteroatoms. The number of aromatic nitrogens is 3. The van der Waals surface area contributed by atoms with E-state index in [4.69, 9.17) is 0 Å². The Morgan fingerprint density at radius 3 is 2.19 bits per heavy atom. The van der Waals surface area contributed by atoms with Gasteiger partial charge in [0, 0.05) is 37.6 Å². The van der Waals surface area contributed by atoms with E-state index in [1.807, 2.05) is 38.1 Å². The summed E-state index contributed by atoms with van der Waals surface area (Å²) in [5.41, 5.74) is 4.10. The van der Waals surface area contributed by atoms with Crippen molar-refractivity contribution in [2.45, 2.75) is 38.8 Å². The van der Waals surface area contributed by atoms with Crippen LogP contribution in [0.15, 0.2) is 79.3 Å². The maximum Gasteiger partial charge on any atom is 0.338 e. The molecule has 2 aromatic heterocycles. The van der Waals surface area contributed by atoms with E-state index in [1.54, 1.807) is 53.6 Å². The highest BCUT2D eigenvalue weighted by Crippen LogP contribution is 2.42. The molecule has 212 valence electrons. The Morgan fingerprint density at radius 1 is 0.905 bits per heavy atom. The molecule has 0 saturated carbocycles. The third kappa shape index (κ3) is 4.79. The standard InChI is InChI=1S/C32H30N6O4/c1-21-4-3-15-33-27(21)19-36-16-13-32(14-17-36)30(41)37(31(42)38(32)28-18-22(2)34-20-35-28)26-11-9-24(10-12-26)23-5-7-25(8-6-23)29(39)40/h3-12,15,18,20H,13-14,16-17,19H2,1-2H3,(H,39,40). The number of carbonyl (C=O) groups excluding carboxylic acids is 2. The largest absolute Gasteiger partial charge is 0.478 e. The van der Waals surface area contributed by atoms with E-state index in [9.17, 15) is 19.5 Å². The average Bonchev–Trinajstić information content (AvgIpc) is 3.20. The second kappa shape index (κ2) is 10.8. The van der Waals surface area contributed by atoms with Crippen molar-refractivity contribution in [3.8, 4) is 11.1 Å². The number of carboxylic acids is 1. The van der Waals surface area contributed by atoms with Gasteiger partial charge in [-0.3, -0.25) is 19.6 Å². The predicted molar refractivity (Wildman–Crippen MR) is 157 cm³/mol. The lowest BCUT2D eigenvalue weighted by atomic mass is 9.85.